The molecule has 0 aliphatic heterocycles. The first kappa shape index (κ1) is 19.8. The van der Waals surface area contributed by atoms with E-state index in [1.807, 2.05) is 0 Å². The normalized spacial score (nSPS) is 11.5. The van der Waals surface area contributed by atoms with E-state index >= 15 is 0 Å². The molecule has 1 amide bonds. The summed E-state index contributed by atoms with van der Waals surface area (Å²) in [6.07, 6.45) is 0. The number of hydrogen-bond donors (Lipinski definition) is 1. The molecule has 0 aliphatic carbocycles. The zero-order valence-corrected chi connectivity index (χ0v) is 15.6. The molecule has 140 valence electrons. The second-order valence-electron chi connectivity index (χ2n) is 5.94. The van der Waals surface area contributed by atoms with Crippen molar-refractivity contribution in [1.82, 2.24) is 4.31 Å². The molecule has 0 spiro atoms. The SMILES string of the molecule is CN(C)c1ccc(S(=O)(=O)N(C)C)cc1NC(=O)c1ccc(F)cc1F. The molecule has 0 aliphatic rings. The van der Waals surface area contributed by atoms with Crippen LogP contribution in [0.25, 0.3) is 0 Å². The van der Waals surface area contributed by atoms with E-state index in [0.29, 0.717) is 11.8 Å². The summed E-state index contributed by atoms with van der Waals surface area (Å²) >= 11 is 0. The average Bonchev–Trinajstić information content (AvgIpc) is 2.54. The lowest BCUT2D eigenvalue weighted by Crippen LogP contribution is -2.23. The summed E-state index contributed by atoms with van der Waals surface area (Å²) in [6, 6.07) is 6.85. The van der Waals surface area contributed by atoms with Crippen LogP contribution in [-0.4, -0.2) is 46.8 Å². The first-order chi connectivity index (χ1) is 12.0. The van der Waals surface area contributed by atoms with Crippen LogP contribution in [0.2, 0.25) is 0 Å². The summed E-state index contributed by atoms with van der Waals surface area (Å²) in [5, 5.41) is 2.49. The van der Waals surface area contributed by atoms with E-state index < -0.39 is 27.6 Å². The standard InChI is InChI=1S/C17H19F2N3O3S/c1-21(2)16-8-6-12(26(24,25)22(3)4)10-15(16)20-17(23)13-7-5-11(18)9-14(13)19/h5-10H,1-4H3,(H,20,23). The van der Waals surface area contributed by atoms with Crippen LogP contribution in [0.1, 0.15) is 10.4 Å². The number of nitrogens with one attached hydrogen (secondary N) is 1. The van der Waals surface area contributed by atoms with Crippen molar-refractivity contribution < 1.29 is 22.0 Å². The minimum Gasteiger partial charge on any atom is -0.376 e. The molecule has 2 aromatic carbocycles. The van der Waals surface area contributed by atoms with Crippen molar-refractivity contribution in [1.29, 1.82) is 0 Å². The maximum absolute atomic E-state index is 13.8. The molecule has 0 atom stereocenters. The van der Waals surface area contributed by atoms with Crippen LogP contribution >= 0.6 is 0 Å². The van der Waals surface area contributed by atoms with Gasteiger partial charge in [-0.15, -0.1) is 0 Å². The molecule has 0 radical (unpaired) electrons. The van der Waals surface area contributed by atoms with Gasteiger partial charge in [-0.1, -0.05) is 0 Å². The Morgan fingerprint density at radius 3 is 2.19 bits per heavy atom. The lowest BCUT2D eigenvalue weighted by molar-refractivity contribution is 0.102. The summed E-state index contributed by atoms with van der Waals surface area (Å²) in [7, 11) is 2.49. The average molecular weight is 383 g/mol. The number of carbonyl (C=O) groups excluding carboxylic acids is 1. The van der Waals surface area contributed by atoms with Crippen LogP contribution in [0, 0.1) is 11.6 Å². The number of sulfonamides is 1. The molecule has 0 aromatic heterocycles. The Labute approximate surface area is 151 Å². The van der Waals surface area contributed by atoms with Crippen molar-refractivity contribution >= 4 is 27.3 Å². The lowest BCUT2D eigenvalue weighted by Gasteiger charge is -2.20. The van der Waals surface area contributed by atoms with E-state index in [-0.39, 0.29) is 16.1 Å². The van der Waals surface area contributed by atoms with E-state index in [1.54, 1.807) is 19.0 Å². The van der Waals surface area contributed by atoms with E-state index in [4.69, 9.17) is 0 Å². The third-order valence-corrected chi connectivity index (χ3v) is 5.46. The van der Waals surface area contributed by atoms with Crippen molar-refractivity contribution in [3.05, 3.63) is 53.6 Å². The van der Waals surface area contributed by atoms with Gasteiger partial charge >= 0.3 is 0 Å². The van der Waals surface area contributed by atoms with Gasteiger partial charge in [0.25, 0.3) is 5.91 Å². The number of benzene rings is 2. The van der Waals surface area contributed by atoms with Crippen LogP contribution in [0.15, 0.2) is 41.3 Å². The van der Waals surface area contributed by atoms with Gasteiger partial charge < -0.3 is 10.2 Å². The highest BCUT2D eigenvalue weighted by molar-refractivity contribution is 7.89. The molecule has 26 heavy (non-hydrogen) atoms. The zero-order valence-electron chi connectivity index (χ0n) is 14.7. The van der Waals surface area contributed by atoms with Gasteiger partial charge in [0.05, 0.1) is 21.8 Å². The molecule has 1 N–H and O–H groups in total. The van der Waals surface area contributed by atoms with Crippen molar-refractivity contribution in [3.8, 4) is 0 Å². The van der Waals surface area contributed by atoms with E-state index in [0.717, 1.165) is 16.4 Å². The van der Waals surface area contributed by atoms with Gasteiger partial charge in [0.2, 0.25) is 10.0 Å². The number of nitrogens with zero attached hydrogens (tertiary/aromatic N) is 2. The smallest absolute Gasteiger partial charge is 0.258 e. The summed E-state index contributed by atoms with van der Waals surface area (Å²) in [4.78, 5) is 14.0. The first-order valence-electron chi connectivity index (χ1n) is 7.54. The van der Waals surface area contributed by atoms with Crippen molar-refractivity contribution in [3.63, 3.8) is 0 Å². The molecule has 0 heterocycles. The Morgan fingerprint density at radius 2 is 1.65 bits per heavy atom. The van der Waals surface area contributed by atoms with Gasteiger partial charge in [-0.2, -0.15) is 0 Å². The van der Waals surface area contributed by atoms with E-state index in [9.17, 15) is 22.0 Å². The second-order valence-corrected chi connectivity index (χ2v) is 8.09. The van der Waals surface area contributed by atoms with Crippen LogP contribution in [0.4, 0.5) is 20.2 Å². The Kier molecular flexibility index (Phi) is 5.62. The van der Waals surface area contributed by atoms with Gasteiger partial charge in [-0.3, -0.25) is 4.79 Å². The molecular weight excluding hydrogens is 364 g/mol. The Bertz CT molecular complexity index is 944. The molecular formula is C17H19F2N3O3S. The Morgan fingerprint density at radius 1 is 1.00 bits per heavy atom. The van der Waals surface area contributed by atoms with Crippen LogP contribution in [0.3, 0.4) is 0 Å². The van der Waals surface area contributed by atoms with Gasteiger partial charge in [0.15, 0.2) is 0 Å². The highest BCUT2D eigenvalue weighted by Crippen LogP contribution is 2.29. The van der Waals surface area contributed by atoms with Gasteiger partial charge in [-0.05, 0) is 30.3 Å². The van der Waals surface area contributed by atoms with Gasteiger partial charge in [-0.25, -0.2) is 21.5 Å². The fraction of sp³-hybridized carbons (Fsp3) is 0.235. The molecule has 0 saturated heterocycles. The van der Waals surface area contributed by atoms with Crippen molar-refractivity contribution in [2.75, 3.05) is 38.4 Å². The van der Waals surface area contributed by atoms with E-state index in [2.05, 4.69) is 5.32 Å². The fourth-order valence-corrected chi connectivity index (χ4v) is 3.17. The number of amides is 1. The molecule has 2 rings (SSSR count). The largest absolute Gasteiger partial charge is 0.376 e. The summed E-state index contributed by atoms with van der Waals surface area (Å²) in [5.41, 5.74) is 0.363. The predicted octanol–water partition coefficient (Wildman–Crippen LogP) is 2.53. The maximum Gasteiger partial charge on any atom is 0.258 e. The molecule has 0 bridgehead atoms. The molecule has 0 fully saturated rings. The van der Waals surface area contributed by atoms with Crippen LogP contribution in [0.5, 0.6) is 0 Å². The number of rotatable bonds is 5. The van der Waals surface area contributed by atoms with Crippen molar-refractivity contribution in [2.45, 2.75) is 4.90 Å². The van der Waals surface area contributed by atoms with Gasteiger partial charge in [0, 0.05) is 34.3 Å². The Balaban J connectivity index is 2.48. The maximum atomic E-state index is 13.8. The highest BCUT2D eigenvalue weighted by Gasteiger charge is 2.21. The fourth-order valence-electron chi connectivity index (χ4n) is 2.24. The number of halogens is 2. The first-order valence-corrected chi connectivity index (χ1v) is 8.98. The lowest BCUT2D eigenvalue weighted by atomic mass is 10.1. The van der Waals surface area contributed by atoms with Gasteiger partial charge in [0.1, 0.15) is 11.6 Å². The highest BCUT2D eigenvalue weighted by atomic mass is 32.2. The second kappa shape index (κ2) is 7.38. The number of carbonyl (C=O) groups is 1. The third-order valence-electron chi connectivity index (χ3n) is 3.65. The topological polar surface area (TPSA) is 69.7 Å². The molecule has 0 saturated carbocycles. The Hall–Kier alpha value is -2.52. The zero-order chi connectivity index (χ0) is 19.6. The molecule has 0 unspecified atom stereocenters. The number of anilines is 2. The molecule has 2 aromatic rings. The summed E-state index contributed by atoms with van der Waals surface area (Å²) in [6.45, 7) is 0. The summed E-state index contributed by atoms with van der Waals surface area (Å²) in [5.74, 6) is -2.62. The minimum atomic E-state index is -3.72. The monoisotopic (exact) mass is 383 g/mol. The third kappa shape index (κ3) is 4.00. The molecule has 9 heteroatoms. The predicted molar refractivity (Wildman–Crippen MR) is 96.0 cm³/mol. The minimum absolute atomic E-state index is 0.0250. The van der Waals surface area contributed by atoms with Crippen LogP contribution < -0.4 is 10.2 Å². The van der Waals surface area contributed by atoms with Crippen LogP contribution in [-0.2, 0) is 10.0 Å². The van der Waals surface area contributed by atoms with E-state index in [1.165, 1.54) is 32.3 Å². The van der Waals surface area contributed by atoms with Crippen molar-refractivity contribution in [2.24, 2.45) is 0 Å². The quantitative estimate of drug-likeness (QED) is 0.862. The molecule has 6 nitrogen and oxygen atoms in total. The summed E-state index contributed by atoms with van der Waals surface area (Å²) < 4.78 is 52.5. The number of hydrogen-bond acceptors (Lipinski definition) is 4.